The molecule has 1 saturated heterocycles. The molecule has 0 bridgehead atoms. The highest BCUT2D eigenvalue weighted by atomic mass is 19.4. The molecule has 0 spiro atoms. The summed E-state index contributed by atoms with van der Waals surface area (Å²) in [4.78, 5) is 14.1. The number of anilines is 1. The smallest absolute Gasteiger partial charge is 0.398 e. The standard InChI is InChI=1S/C15H19F3N2O/c1-9-5-6-20(10(2)7-9)14(21)12-8-11(15(16,17)18)3-4-13(12)19/h3-4,8-10H,5-7,19H2,1-2H3. The maximum Gasteiger partial charge on any atom is 0.416 e. The molecule has 1 heterocycles. The highest BCUT2D eigenvalue weighted by molar-refractivity contribution is 5.99. The Kier molecular flexibility index (Phi) is 4.16. The lowest BCUT2D eigenvalue weighted by atomic mass is 9.92. The molecule has 1 fully saturated rings. The summed E-state index contributed by atoms with van der Waals surface area (Å²) in [6.07, 6.45) is -2.77. The van der Waals surface area contributed by atoms with E-state index < -0.39 is 17.6 Å². The van der Waals surface area contributed by atoms with Crippen LogP contribution >= 0.6 is 0 Å². The minimum Gasteiger partial charge on any atom is -0.398 e. The number of carbonyl (C=O) groups is 1. The molecular formula is C15H19F3N2O. The van der Waals surface area contributed by atoms with E-state index in [1.807, 2.05) is 6.92 Å². The largest absolute Gasteiger partial charge is 0.416 e. The molecule has 2 rings (SSSR count). The van der Waals surface area contributed by atoms with Crippen molar-refractivity contribution >= 4 is 11.6 Å². The summed E-state index contributed by atoms with van der Waals surface area (Å²) in [5.41, 5.74) is 4.87. The minimum atomic E-state index is -4.48. The van der Waals surface area contributed by atoms with Gasteiger partial charge in [-0.1, -0.05) is 6.92 Å². The quantitative estimate of drug-likeness (QED) is 0.806. The first-order chi connectivity index (χ1) is 9.70. The number of alkyl halides is 3. The summed E-state index contributed by atoms with van der Waals surface area (Å²) >= 11 is 0. The molecule has 1 aromatic carbocycles. The Bertz CT molecular complexity index is 542. The zero-order chi connectivity index (χ0) is 15.8. The number of nitrogens with zero attached hydrogens (tertiary/aromatic N) is 1. The predicted molar refractivity (Wildman–Crippen MR) is 74.8 cm³/mol. The molecular weight excluding hydrogens is 281 g/mol. The van der Waals surface area contributed by atoms with E-state index in [1.54, 1.807) is 4.90 Å². The molecule has 1 amide bonds. The molecule has 1 aliphatic rings. The van der Waals surface area contributed by atoms with Gasteiger partial charge in [0, 0.05) is 18.3 Å². The third-order valence-corrected chi connectivity index (χ3v) is 4.01. The Morgan fingerprint density at radius 1 is 1.33 bits per heavy atom. The van der Waals surface area contributed by atoms with Crippen molar-refractivity contribution < 1.29 is 18.0 Å². The number of benzene rings is 1. The van der Waals surface area contributed by atoms with Gasteiger partial charge in [-0.05, 0) is 43.9 Å². The molecule has 1 aliphatic heterocycles. The van der Waals surface area contributed by atoms with Gasteiger partial charge < -0.3 is 10.6 Å². The van der Waals surface area contributed by atoms with E-state index in [9.17, 15) is 18.0 Å². The first kappa shape index (κ1) is 15.7. The van der Waals surface area contributed by atoms with Crippen molar-refractivity contribution in [3.05, 3.63) is 29.3 Å². The van der Waals surface area contributed by atoms with Gasteiger partial charge in [-0.25, -0.2) is 0 Å². The van der Waals surface area contributed by atoms with Crippen LogP contribution in [0.5, 0.6) is 0 Å². The lowest BCUT2D eigenvalue weighted by molar-refractivity contribution is -0.137. The summed E-state index contributed by atoms with van der Waals surface area (Å²) in [7, 11) is 0. The van der Waals surface area contributed by atoms with E-state index in [2.05, 4.69) is 6.92 Å². The molecule has 0 aromatic heterocycles. The number of piperidine rings is 1. The number of carbonyl (C=O) groups excluding carboxylic acids is 1. The molecule has 1 aromatic rings. The molecule has 2 N–H and O–H groups in total. The van der Waals surface area contributed by atoms with Crippen molar-refractivity contribution in [3.8, 4) is 0 Å². The molecule has 2 unspecified atom stereocenters. The van der Waals surface area contributed by atoms with Gasteiger partial charge in [-0.2, -0.15) is 13.2 Å². The van der Waals surface area contributed by atoms with Crippen LogP contribution in [0.25, 0.3) is 0 Å². The summed E-state index contributed by atoms with van der Waals surface area (Å²) < 4.78 is 38.3. The lowest BCUT2D eigenvalue weighted by Crippen LogP contribution is -2.44. The van der Waals surface area contributed by atoms with Gasteiger partial charge >= 0.3 is 6.18 Å². The SMILES string of the molecule is CC1CCN(C(=O)c2cc(C(F)(F)F)ccc2N)C(C)C1. The summed E-state index contributed by atoms with van der Waals surface area (Å²) in [6, 6.07) is 2.90. The van der Waals surface area contributed by atoms with Crippen LogP contribution < -0.4 is 5.73 Å². The highest BCUT2D eigenvalue weighted by Crippen LogP contribution is 2.32. The third-order valence-electron chi connectivity index (χ3n) is 4.01. The number of amides is 1. The average molecular weight is 300 g/mol. The van der Waals surface area contributed by atoms with E-state index in [0.717, 1.165) is 31.0 Å². The summed E-state index contributed by atoms with van der Waals surface area (Å²) in [6.45, 7) is 4.57. The molecule has 6 heteroatoms. The monoisotopic (exact) mass is 300 g/mol. The normalized spacial score (nSPS) is 23.2. The second kappa shape index (κ2) is 5.58. The number of hydrogen-bond donors (Lipinski definition) is 1. The van der Waals surface area contributed by atoms with Crippen molar-refractivity contribution in [2.75, 3.05) is 12.3 Å². The third kappa shape index (κ3) is 3.31. The number of likely N-dealkylation sites (tertiary alicyclic amines) is 1. The zero-order valence-corrected chi connectivity index (χ0v) is 12.1. The maximum atomic E-state index is 12.8. The molecule has 21 heavy (non-hydrogen) atoms. The zero-order valence-electron chi connectivity index (χ0n) is 12.1. The number of hydrogen-bond acceptors (Lipinski definition) is 2. The average Bonchev–Trinajstić information content (AvgIpc) is 2.37. The van der Waals surface area contributed by atoms with Crippen LogP contribution in [-0.2, 0) is 6.18 Å². The highest BCUT2D eigenvalue weighted by Gasteiger charge is 2.33. The van der Waals surface area contributed by atoms with Crippen LogP contribution in [-0.4, -0.2) is 23.4 Å². The number of nitrogen functional groups attached to an aromatic ring is 1. The van der Waals surface area contributed by atoms with Gasteiger partial charge in [0.05, 0.1) is 11.1 Å². The van der Waals surface area contributed by atoms with Crippen molar-refractivity contribution in [1.29, 1.82) is 0 Å². The fraction of sp³-hybridized carbons (Fsp3) is 0.533. The van der Waals surface area contributed by atoms with E-state index in [0.29, 0.717) is 12.5 Å². The minimum absolute atomic E-state index is 0.00944. The molecule has 116 valence electrons. The van der Waals surface area contributed by atoms with E-state index >= 15 is 0 Å². The van der Waals surface area contributed by atoms with Crippen LogP contribution in [0.1, 0.15) is 42.6 Å². The molecule has 0 saturated carbocycles. The fourth-order valence-corrected chi connectivity index (χ4v) is 2.78. The Hall–Kier alpha value is -1.72. The number of nitrogens with two attached hydrogens (primary N) is 1. The second-order valence-corrected chi connectivity index (χ2v) is 5.78. The Labute approximate surface area is 121 Å². The topological polar surface area (TPSA) is 46.3 Å². The molecule has 2 atom stereocenters. The van der Waals surface area contributed by atoms with Gasteiger partial charge in [0.1, 0.15) is 0 Å². The Morgan fingerprint density at radius 2 is 2.00 bits per heavy atom. The predicted octanol–water partition coefficient (Wildman–Crippen LogP) is 3.55. The number of halogens is 3. The van der Waals surface area contributed by atoms with Crippen molar-refractivity contribution in [1.82, 2.24) is 4.90 Å². The first-order valence-corrected chi connectivity index (χ1v) is 6.98. The number of rotatable bonds is 1. The Balaban J connectivity index is 2.30. The van der Waals surface area contributed by atoms with Gasteiger partial charge in [0.25, 0.3) is 5.91 Å². The first-order valence-electron chi connectivity index (χ1n) is 6.98. The van der Waals surface area contributed by atoms with Crippen LogP contribution in [0.15, 0.2) is 18.2 Å². The summed E-state index contributed by atoms with van der Waals surface area (Å²) in [5.74, 6) is 0.0981. The van der Waals surface area contributed by atoms with Gasteiger partial charge in [0.15, 0.2) is 0 Å². The van der Waals surface area contributed by atoms with Gasteiger partial charge in [-0.15, -0.1) is 0 Å². The second-order valence-electron chi connectivity index (χ2n) is 5.78. The van der Waals surface area contributed by atoms with E-state index in [1.165, 1.54) is 0 Å². The van der Waals surface area contributed by atoms with Crippen LogP contribution in [0, 0.1) is 5.92 Å². The Morgan fingerprint density at radius 3 is 2.57 bits per heavy atom. The molecule has 0 radical (unpaired) electrons. The summed E-state index contributed by atoms with van der Waals surface area (Å²) in [5, 5.41) is 0. The van der Waals surface area contributed by atoms with Crippen molar-refractivity contribution in [2.24, 2.45) is 5.92 Å². The van der Waals surface area contributed by atoms with E-state index in [4.69, 9.17) is 5.73 Å². The fourth-order valence-electron chi connectivity index (χ4n) is 2.78. The molecule has 0 aliphatic carbocycles. The maximum absolute atomic E-state index is 12.8. The van der Waals surface area contributed by atoms with Gasteiger partial charge in [0.2, 0.25) is 0 Å². The van der Waals surface area contributed by atoms with Gasteiger partial charge in [-0.3, -0.25) is 4.79 Å². The van der Waals surface area contributed by atoms with E-state index in [-0.39, 0.29) is 17.3 Å². The van der Waals surface area contributed by atoms with Crippen molar-refractivity contribution in [3.63, 3.8) is 0 Å². The van der Waals surface area contributed by atoms with Crippen LogP contribution in [0.4, 0.5) is 18.9 Å². The molecule has 3 nitrogen and oxygen atoms in total. The van der Waals surface area contributed by atoms with Crippen molar-refractivity contribution in [2.45, 2.75) is 38.9 Å². The lowest BCUT2D eigenvalue weighted by Gasteiger charge is -2.36. The van der Waals surface area contributed by atoms with Crippen LogP contribution in [0.2, 0.25) is 0 Å². The van der Waals surface area contributed by atoms with Crippen LogP contribution in [0.3, 0.4) is 0 Å².